The van der Waals surface area contributed by atoms with Crippen LogP contribution in [-0.4, -0.2) is 36.5 Å². The Morgan fingerprint density at radius 1 is 0.727 bits per heavy atom. The normalized spacial score (nSPS) is 24.5. The van der Waals surface area contributed by atoms with Crippen LogP contribution in [0.5, 0.6) is 0 Å². The topological polar surface area (TPSA) is 12.4 Å². The first-order valence-corrected chi connectivity index (χ1v) is 10.3. The number of nitrogens with zero attached hydrogens (tertiary/aromatic N) is 2. The van der Waals surface area contributed by atoms with E-state index in [2.05, 4.69) is 6.92 Å². The maximum absolute atomic E-state index is 5.10. The van der Waals surface area contributed by atoms with E-state index in [1.807, 2.05) is 0 Å². The summed E-state index contributed by atoms with van der Waals surface area (Å²) in [6.07, 6.45) is 19.6. The molecule has 1 spiro atoms. The Bertz CT molecular complexity index is 316. The first-order valence-electron chi connectivity index (χ1n) is 10.3. The van der Waals surface area contributed by atoms with Gasteiger partial charge < -0.3 is 0 Å². The van der Waals surface area contributed by atoms with Crippen LogP contribution in [0.1, 0.15) is 96.8 Å². The largest absolute Gasteiger partial charge is 0.279 e. The third-order valence-corrected chi connectivity index (χ3v) is 5.76. The number of amidine groups is 1. The molecule has 2 aliphatic rings. The number of piperidine rings is 1. The Labute approximate surface area is 139 Å². The standard InChI is InChI=1S/C20H39N2/c1-2-3-4-5-6-7-10-15-20-21-16-11-8-12-17-22(20)18-13-9-14-19-22/h2-19H2,1H3/q+1/b21-20-. The summed E-state index contributed by atoms with van der Waals surface area (Å²) in [5.41, 5.74) is 0. The minimum absolute atomic E-state index is 1.10. The lowest BCUT2D eigenvalue weighted by Crippen LogP contribution is -2.56. The highest BCUT2D eigenvalue weighted by Crippen LogP contribution is 2.25. The van der Waals surface area contributed by atoms with E-state index in [1.165, 1.54) is 114 Å². The van der Waals surface area contributed by atoms with Gasteiger partial charge in [-0.1, -0.05) is 45.4 Å². The van der Waals surface area contributed by atoms with Gasteiger partial charge in [0.2, 0.25) is 0 Å². The van der Waals surface area contributed by atoms with Crippen molar-refractivity contribution in [3.8, 4) is 0 Å². The summed E-state index contributed by atoms with van der Waals surface area (Å²) < 4.78 is 1.29. The quantitative estimate of drug-likeness (QED) is 0.402. The lowest BCUT2D eigenvalue weighted by Gasteiger charge is -2.42. The van der Waals surface area contributed by atoms with E-state index in [4.69, 9.17) is 4.99 Å². The summed E-state index contributed by atoms with van der Waals surface area (Å²) in [4.78, 5) is 5.10. The van der Waals surface area contributed by atoms with Crippen LogP contribution in [0, 0.1) is 0 Å². The monoisotopic (exact) mass is 307 g/mol. The number of aliphatic imine (C=N–C) groups is 1. The number of hydrogen-bond donors (Lipinski definition) is 0. The first-order chi connectivity index (χ1) is 10.9. The van der Waals surface area contributed by atoms with Crippen LogP contribution in [0.3, 0.4) is 0 Å². The van der Waals surface area contributed by atoms with E-state index in [0.717, 1.165) is 6.54 Å². The molecule has 0 unspecified atom stereocenters. The lowest BCUT2D eigenvalue weighted by molar-refractivity contribution is -0.849. The van der Waals surface area contributed by atoms with Gasteiger partial charge in [0.1, 0.15) is 0 Å². The molecule has 0 radical (unpaired) electrons. The van der Waals surface area contributed by atoms with Gasteiger partial charge in [-0.05, 0) is 44.9 Å². The molecule has 1 fully saturated rings. The molecular formula is C20H39N2+. The molecule has 0 amide bonds. The van der Waals surface area contributed by atoms with Gasteiger partial charge in [-0.25, -0.2) is 4.99 Å². The molecule has 0 saturated carbocycles. The molecule has 2 rings (SSSR count). The van der Waals surface area contributed by atoms with Crippen LogP contribution in [0.15, 0.2) is 4.99 Å². The van der Waals surface area contributed by atoms with Crippen molar-refractivity contribution in [2.75, 3.05) is 26.2 Å². The molecule has 128 valence electrons. The van der Waals surface area contributed by atoms with Gasteiger partial charge in [0, 0.05) is 13.0 Å². The van der Waals surface area contributed by atoms with E-state index >= 15 is 0 Å². The van der Waals surface area contributed by atoms with E-state index in [-0.39, 0.29) is 0 Å². The van der Waals surface area contributed by atoms with Crippen molar-refractivity contribution in [3.63, 3.8) is 0 Å². The minimum atomic E-state index is 1.10. The van der Waals surface area contributed by atoms with Crippen LogP contribution in [0.25, 0.3) is 0 Å². The fourth-order valence-electron chi connectivity index (χ4n) is 4.35. The van der Waals surface area contributed by atoms with Gasteiger partial charge in [-0.2, -0.15) is 0 Å². The Hall–Kier alpha value is -0.370. The average Bonchev–Trinajstić information content (AvgIpc) is 2.54. The first kappa shape index (κ1) is 18.0. The zero-order valence-corrected chi connectivity index (χ0v) is 15.1. The lowest BCUT2D eigenvalue weighted by atomic mass is 10.0. The van der Waals surface area contributed by atoms with Crippen LogP contribution >= 0.6 is 0 Å². The molecule has 0 atom stereocenters. The Morgan fingerprint density at radius 2 is 1.32 bits per heavy atom. The van der Waals surface area contributed by atoms with Crippen LogP contribution in [-0.2, 0) is 0 Å². The maximum Gasteiger partial charge on any atom is 0.198 e. The summed E-state index contributed by atoms with van der Waals surface area (Å²) in [6.45, 7) is 7.56. The zero-order chi connectivity index (χ0) is 15.5. The molecule has 1 saturated heterocycles. The maximum atomic E-state index is 5.10. The second kappa shape index (κ2) is 10.4. The SMILES string of the molecule is CCCCCCCCC/C1=N/CCCCC[N+]12CCCCC2. The second-order valence-electron chi connectivity index (χ2n) is 7.61. The summed E-state index contributed by atoms with van der Waals surface area (Å²) in [7, 11) is 0. The van der Waals surface area contributed by atoms with Gasteiger partial charge in [0.25, 0.3) is 0 Å². The molecule has 0 bridgehead atoms. The van der Waals surface area contributed by atoms with Crippen LogP contribution in [0.2, 0.25) is 0 Å². The Balaban J connectivity index is 1.79. The highest BCUT2D eigenvalue weighted by atomic mass is 15.4. The number of quaternary nitrogens is 1. The van der Waals surface area contributed by atoms with Gasteiger partial charge >= 0.3 is 0 Å². The van der Waals surface area contributed by atoms with E-state index in [9.17, 15) is 0 Å². The van der Waals surface area contributed by atoms with Crippen molar-refractivity contribution >= 4 is 5.84 Å². The van der Waals surface area contributed by atoms with Crippen molar-refractivity contribution in [2.45, 2.75) is 96.8 Å². The van der Waals surface area contributed by atoms with Gasteiger partial charge in [0.05, 0.1) is 19.6 Å². The average molecular weight is 308 g/mol. The van der Waals surface area contributed by atoms with Gasteiger partial charge in [-0.3, -0.25) is 4.48 Å². The van der Waals surface area contributed by atoms with E-state index < -0.39 is 0 Å². The summed E-state index contributed by atoms with van der Waals surface area (Å²) in [5.74, 6) is 1.59. The molecule has 0 aromatic heterocycles. The van der Waals surface area contributed by atoms with Crippen LogP contribution in [0.4, 0.5) is 0 Å². The molecule has 2 heteroatoms. The van der Waals surface area contributed by atoms with Crippen molar-refractivity contribution in [1.82, 2.24) is 0 Å². The molecule has 2 aliphatic heterocycles. The molecule has 0 aliphatic carbocycles. The molecule has 0 aromatic carbocycles. The summed E-state index contributed by atoms with van der Waals surface area (Å²) in [6, 6.07) is 0. The highest BCUT2D eigenvalue weighted by Gasteiger charge is 2.35. The fourth-order valence-corrected chi connectivity index (χ4v) is 4.35. The molecule has 22 heavy (non-hydrogen) atoms. The highest BCUT2D eigenvalue weighted by molar-refractivity contribution is 5.75. The number of unbranched alkanes of at least 4 members (excludes halogenated alkanes) is 6. The smallest absolute Gasteiger partial charge is 0.198 e. The van der Waals surface area contributed by atoms with Crippen molar-refractivity contribution in [1.29, 1.82) is 0 Å². The summed E-state index contributed by atoms with van der Waals surface area (Å²) in [5, 5.41) is 0. The summed E-state index contributed by atoms with van der Waals surface area (Å²) >= 11 is 0. The molecule has 0 N–H and O–H groups in total. The number of rotatable bonds is 8. The second-order valence-corrected chi connectivity index (χ2v) is 7.61. The molecule has 2 nitrogen and oxygen atoms in total. The van der Waals surface area contributed by atoms with Crippen molar-refractivity contribution < 1.29 is 4.48 Å². The van der Waals surface area contributed by atoms with Crippen molar-refractivity contribution in [2.24, 2.45) is 4.99 Å². The minimum Gasteiger partial charge on any atom is -0.279 e. The van der Waals surface area contributed by atoms with Crippen LogP contribution < -0.4 is 0 Å². The number of hydrogen-bond acceptors (Lipinski definition) is 1. The fraction of sp³-hybridized carbons (Fsp3) is 0.950. The third-order valence-electron chi connectivity index (χ3n) is 5.76. The van der Waals surface area contributed by atoms with E-state index in [0.29, 0.717) is 0 Å². The predicted octanol–water partition coefficient (Wildman–Crippen LogP) is 5.71. The third kappa shape index (κ3) is 5.68. The zero-order valence-electron chi connectivity index (χ0n) is 15.1. The Kier molecular flexibility index (Phi) is 8.51. The van der Waals surface area contributed by atoms with Crippen molar-refractivity contribution in [3.05, 3.63) is 0 Å². The predicted molar refractivity (Wildman–Crippen MR) is 97.5 cm³/mol. The molecule has 2 heterocycles. The Morgan fingerprint density at radius 3 is 2.00 bits per heavy atom. The molecular weight excluding hydrogens is 268 g/mol. The van der Waals surface area contributed by atoms with Gasteiger partial charge in [0.15, 0.2) is 5.84 Å². The molecule has 0 aromatic rings. The van der Waals surface area contributed by atoms with E-state index in [1.54, 1.807) is 5.84 Å². The van der Waals surface area contributed by atoms with Gasteiger partial charge in [-0.15, -0.1) is 0 Å².